The number of benzene rings is 2. The summed E-state index contributed by atoms with van der Waals surface area (Å²) in [5.41, 5.74) is 4.30. The van der Waals surface area contributed by atoms with E-state index < -0.39 is 5.97 Å². The molecule has 0 saturated heterocycles. The highest BCUT2D eigenvalue weighted by atomic mass is 79.9. The van der Waals surface area contributed by atoms with Crippen molar-refractivity contribution >= 4 is 43.5 Å². The van der Waals surface area contributed by atoms with Gasteiger partial charge in [-0.25, -0.2) is 0 Å². The maximum Gasteiger partial charge on any atom is 0.303 e. The first-order chi connectivity index (χ1) is 12.3. The number of aryl methyl sites for hydroxylation is 1. The van der Waals surface area contributed by atoms with E-state index in [1.54, 1.807) is 0 Å². The number of ether oxygens (including phenoxy) is 1. The molecule has 2 aromatic rings. The summed E-state index contributed by atoms with van der Waals surface area (Å²) in [7, 11) is 0. The van der Waals surface area contributed by atoms with Crippen molar-refractivity contribution in [3.63, 3.8) is 0 Å². The second-order valence-electron chi connectivity index (χ2n) is 6.34. The highest BCUT2D eigenvalue weighted by Gasteiger charge is 2.15. The van der Waals surface area contributed by atoms with Gasteiger partial charge in [-0.1, -0.05) is 13.0 Å². The Balaban J connectivity index is 2.16. The van der Waals surface area contributed by atoms with E-state index in [1.165, 1.54) is 5.56 Å². The van der Waals surface area contributed by atoms with E-state index in [0.29, 0.717) is 12.4 Å². The van der Waals surface area contributed by atoms with Crippen molar-refractivity contribution in [1.82, 2.24) is 0 Å². The highest BCUT2D eigenvalue weighted by Crippen LogP contribution is 2.38. The molecular formula is C20H23Br2NO3. The minimum Gasteiger partial charge on any atom is -0.487 e. The molecule has 6 heteroatoms. The van der Waals surface area contributed by atoms with Crippen LogP contribution in [-0.4, -0.2) is 17.6 Å². The third kappa shape index (κ3) is 5.74. The molecule has 0 aliphatic carbocycles. The molecular weight excluding hydrogens is 462 g/mol. The van der Waals surface area contributed by atoms with Crippen LogP contribution in [-0.2, 0) is 11.4 Å². The fraction of sp³-hybridized carbons (Fsp3) is 0.350. The van der Waals surface area contributed by atoms with Crippen LogP contribution in [0.1, 0.15) is 42.9 Å². The highest BCUT2D eigenvalue weighted by molar-refractivity contribution is 9.11. The predicted molar refractivity (Wildman–Crippen MR) is 112 cm³/mol. The second-order valence-corrected chi connectivity index (χ2v) is 8.05. The Morgan fingerprint density at radius 1 is 1.19 bits per heavy atom. The van der Waals surface area contributed by atoms with Gasteiger partial charge in [0, 0.05) is 12.2 Å². The number of nitrogens with one attached hydrogen (secondary N) is 1. The molecule has 26 heavy (non-hydrogen) atoms. The fourth-order valence-corrected chi connectivity index (χ4v) is 4.24. The molecule has 2 N–H and O–H groups in total. The molecule has 0 heterocycles. The third-order valence-corrected chi connectivity index (χ3v) is 5.15. The zero-order valence-electron chi connectivity index (χ0n) is 15.1. The number of carboxylic acids is 1. The first kappa shape index (κ1) is 20.8. The van der Waals surface area contributed by atoms with Crippen LogP contribution >= 0.6 is 31.9 Å². The average Bonchev–Trinajstić information content (AvgIpc) is 2.53. The van der Waals surface area contributed by atoms with E-state index in [0.717, 1.165) is 32.3 Å². The van der Waals surface area contributed by atoms with Crippen LogP contribution in [0.2, 0.25) is 0 Å². The Hall–Kier alpha value is -1.53. The normalized spacial score (nSPS) is 11.9. The van der Waals surface area contributed by atoms with Crippen LogP contribution < -0.4 is 10.1 Å². The van der Waals surface area contributed by atoms with Gasteiger partial charge in [0.2, 0.25) is 0 Å². The standard InChI is InChI=1S/C20H23Br2NO3/c1-4-23-16-6-12(2)5-14(8-16)11-26-20-17(21)9-15(10-18(20)22)13(3)7-19(24)25/h5-6,8-10,13,23H,4,7,11H2,1-3H3,(H,24,25). The van der Waals surface area contributed by atoms with Crippen LogP contribution in [0.25, 0.3) is 0 Å². The van der Waals surface area contributed by atoms with Gasteiger partial charge in [0.05, 0.1) is 15.4 Å². The van der Waals surface area contributed by atoms with Gasteiger partial charge < -0.3 is 15.2 Å². The number of halogens is 2. The number of carboxylic acid groups (broad SMARTS) is 1. The molecule has 0 fully saturated rings. The lowest BCUT2D eigenvalue weighted by Gasteiger charge is -2.16. The van der Waals surface area contributed by atoms with Crippen LogP contribution in [0.4, 0.5) is 5.69 Å². The van der Waals surface area contributed by atoms with Crippen molar-refractivity contribution in [2.75, 3.05) is 11.9 Å². The topological polar surface area (TPSA) is 58.6 Å². The van der Waals surface area contributed by atoms with Gasteiger partial charge in [-0.2, -0.15) is 0 Å². The maximum absolute atomic E-state index is 10.9. The van der Waals surface area contributed by atoms with Gasteiger partial charge in [0.15, 0.2) is 0 Å². The molecule has 1 atom stereocenters. The van der Waals surface area contributed by atoms with Gasteiger partial charge in [-0.15, -0.1) is 0 Å². The quantitative estimate of drug-likeness (QED) is 0.474. The van der Waals surface area contributed by atoms with Crippen molar-refractivity contribution in [2.45, 2.75) is 39.7 Å². The van der Waals surface area contributed by atoms with E-state index in [1.807, 2.05) is 19.1 Å². The van der Waals surface area contributed by atoms with Crippen LogP contribution in [0, 0.1) is 6.92 Å². The summed E-state index contributed by atoms with van der Waals surface area (Å²) in [5, 5.41) is 12.3. The number of hydrogen-bond acceptors (Lipinski definition) is 3. The van der Waals surface area contributed by atoms with Crippen molar-refractivity contribution in [3.05, 3.63) is 56.0 Å². The molecule has 0 radical (unpaired) electrons. The minimum absolute atomic E-state index is 0.0754. The fourth-order valence-electron chi connectivity index (χ4n) is 2.79. The van der Waals surface area contributed by atoms with Gasteiger partial charge in [-0.05, 0) is 92.6 Å². The van der Waals surface area contributed by atoms with Crippen molar-refractivity contribution in [1.29, 1.82) is 0 Å². The maximum atomic E-state index is 10.9. The van der Waals surface area contributed by atoms with Crippen molar-refractivity contribution < 1.29 is 14.6 Å². The van der Waals surface area contributed by atoms with Crippen LogP contribution in [0.5, 0.6) is 5.75 Å². The first-order valence-corrected chi connectivity index (χ1v) is 10.1. The lowest BCUT2D eigenvalue weighted by Crippen LogP contribution is -2.04. The minimum atomic E-state index is -0.805. The van der Waals surface area contributed by atoms with E-state index in [9.17, 15) is 4.79 Å². The second kappa shape index (κ2) is 9.42. The molecule has 140 valence electrons. The van der Waals surface area contributed by atoms with E-state index in [-0.39, 0.29) is 12.3 Å². The molecule has 0 aliphatic heterocycles. The smallest absolute Gasteiger partial charge is 0.303 e. The third-order valence-electron chi connectivity index (χ3n) is 3.97. The zero-order valence-corrected chi connectivity index (χ0v) is 18.3. The summed E-state index contributed by atoms with van der Waals surface area (Å²) in [6.45, 7) is 7.35. The Bertz CT molecular complexity index is 770. The molecule has 0 aromatic heterocycles. The predicted octanol–water partition coefficient (Wildman–Crippen LogP) is 6.11. The van der Waals surface area contributed by atoms with Crippen molar-refractivity contribution in [3.8, 4) is 5.75 Å². The molecule has 4 nitrogen and oxygen atoms in total. The van der Waals surface area contributed by atoms with Gasteiger partial charge in [0.1, 0.15) is 12.4 Å². The molecule has 0 saturated carbocycles. The van der Waals surface area contributed by atoms with E-state index in [4.69, 9.17) is 9.84 Å². The van der Waals surface area contributed by atoms with Crippen LogP contribution in [0.3, 0.4) is 0 Å². The zero-order chi connectivity index (χ0) is 19.3. The molecule has 0 bridgehead atoms. The lowest BCUT2D eigenvalue weighted by atomic mass is 9.98. The number of hydrogen-bond donors (Lipinski definition) is 2. The van der Waals surface area contributed by atoms with Gasteiger partial charge in [-0.3, -0.25) is 4.79 Å². The summed E-state index contributed by atoms with van der Waals surface area (Å²) in [6.07, 6.45) is 0.0928. The molecule has 2 rings (SSSR count). The molecule has 0 amide bonds. The van der Waals surface area contributed by atoms with E-state index in [2.05, 4.69) is 69.2 Å². The lowest BCUT2D eigenvalue weighted by molar-refractivity contribution is -0.137. The number of aliphatic carboxylic acids is 1. The Morgan fingerprint density at radius 3 is 2.42 bits per heavy atom. The molecule has 2 aromatic carbocycles. The summed E-state index contributed by atoms with van der Waals surface area (Å²) < 4.78 is 7.63. The van der Waals surface area contributed by atoms with E-state index >= 15 is 0 Å². The van der Waals surface area contributed by atoms with Crippen molar-refractivity contribution in [2.24, 2.45) is 0 Å². The molecule has 0 aliphatic rings. The van der Waals surface area contributed by atoms with Gasteiger partial charge >= 0.3 is 5.97 Å². The number of rotatable bonds is 8. The summed E-state index contributed by atoms with van der Waals surface area (Å²) in [5.74, 6) is -0.169. The number of anilines is 1. The molecule has 1 unspecified atom stereocenters. The number of carbonyl (C=O) groups is 1. The Morgan fingerprint density at radius 2 is 1.85 bits per heavy atom. The SMILES string of the molecule is CCNc1cc(C)cc(COc2c(Br)cc(C(C)CC(=O)O)cc2Br)c1. The summed E-state index contributed by atoms with van der Waals surface area (Å²) in [4.78, 5) is 10.9. The summed E-state index contributed by atoms with van der Waals surface area (Å²) in [6, 6.07) is 10.1. The van der Waals surface area contributed by atoms with Crippen LogP contribution in [0.15, 0.2) is 39.3 Å². The molecule has 0 spiro atoms. The summed E-state index contributed by atoms with van der Waals surface area (Å²) >= 11 is 7.09. The van der Waals surface area contributed by atoms with Gasteiger partial charge in [0.25, 0.3) is 0 Å². The largest absolute Gasteiger partial charge is 0.487 e. The monoisotopic (exact) mass is 483 g/mol. The average molecular weight is 485 g/mol. The Kier molecular flexibility index (Phi) is 7.53. The Labute approximate surface area is 171 Å². The first-order valence-electron chi connectivity index (χ1n) is 8.48.